The number of benzene rings is 1. The second kappa shape index (κ2) is 5.94. The molecule has 16 heavy (non-hydrogen) atoms. The first-order valence-corrected chi connectivity index (χ1v) is 5.69. The zero-order valence-electron chi connectivity index (χ0n) is 10.1. The van der Waals surface area contributed by atoms with Crippen LogP contribution in [0, 0.1) is 17.6 Å². The van der Waals surface area contributed by atoms with Crippen LogP contribution in [0.1, 0.15) is 25.8 Å². The molecule has 1 nitrogen and oxygen atoms in total. The molecule has 0 aliphatic rings. The molecular weight excluding hydrogens is 208 g/mol. The molecule has 2 unspecified atom stereocenters. The lowest BCUT2D eigenvalue weighted by Gasteiger charge is -2.22. The van der Waals surface area contributed by atoms with Crippen molar-refractivity contribution in [3.05, 3.63) is 35.4 Å². The topological polar surface area (TPSA) is 12.0 Å². The van der Waals surface area contributed by atoms with Crippen molar-refractivity contribution < 1.29 is 8.78 Å². The third-order valence-corrected chi connectivity index (χ3v) is 3.17. The Bertz CT molecular complexity index is 339. The Kier molecular flexibility index (Phi) is 4.87. The lowest BCUT2D eigenvalue weighted by atomic mass is 9.91. The monoisotopic (exact) mass is 227 g/mol. The molecule has 0 aromatic heterocycles. The summed E-state index contributed by atoms with van der Waals surface area (Å²) in [6.07, 6.45) is 1.79. The molecule has 0 amide bonds. The first-order valence-electron chi connectivity index (χ1n) is 5.69. The van der Waals surface area contributed by atoms with E-state index in [9.17, 15) is 8.78 Å². The van der Waals surface area contributed by atoms with Crippen LogP contribution in [0.3, 0.4) is 0 Å². The predicted octanol–water partition coefficient (Wildman–Crippen LogP) is 3.14. The van der Waals surface area contributed by atoms with Gasteiger partial charge in [0.15, 0.2) is 11.6 Å². The van der Waals surface area contributed by atoms with Crippen LogP contribution in [0.4, 0.5) is 8.78 Å². The van der Waals surface area contributed by atoms with Crippen LogP contribution in [-0.4, -0.2) is 13.1 Å². The van der Waals surface area contributed by atoms with E-state index in [1.807, 2.05) is 7.05 Å². The zero-order chi connectivity index (χ0) is 12.1. The fraction of sp³-hybridized carbons (Fsp3) is 0.538. The molecule has 1 aromatic rings. The van der Waals surface area contributed by atoms with E-state index in [4.69, 9.17) is 0 Å². The van der Waals surface area contributed by atoms with Gasteiger partial charge in [-0.1, -0.05) is 19.4 Å². The van der Waals surface area contributed by atoms with Crippen LogP contribution in [0.5, 0.6) is 0 Å². The van der Waals surface area contributed by atoms with Crippen molar-refractivity contribution in [2.75, 3.05) is 7.05 Å². The molecule has 2 atom stereocenters. The summed E-state index contributed by atoms with van der Waals surface area (Å²) in [7, 11) is 1.92. The van der Waals surface area contributed by atoms with Crippen LogP contribution in [0.25, 0.3) is 0 Å². The van der Waals surface area contributed by atoms with Crippen molar-refractivity contribution in [3.8, 4) is 0 Å². The standard InChI is InChI=1S/C13H19F2N/c1-4-11(9(2)16-3)7-10-5-6-12(14)13(15)8-10/h5-6,8-9,11,16H,4,7H2,1-3H3. The summed E-state index contributed by atoms with van der Waals surface area (Å²) >= 11 is 0. The first-order chi connectivity index (χ1) is 7.58. The molecule has 0 bridgehead atoms. The minimum Gasteiger partial charge on any atom is -0.317 e. The van der Waals surface area contributed by atoms with Gasteiger partial charge in [-0.05, 0) is 44.0 Å². The molecule has 0 saturated heterocycles. The second-order valence-electron chi connectivity index (χ2n) is 4.20. The molecule has 1 aromatic carbocycles. The van der Waals surface area contributed by atoms with Gasteiger partial charge in [0.1, 0.15) is 0 Å². The summed E-state index contributed by atoms with van der Waals surface area (Å²) in [5.74, 6) is -1.10. The van der Waals surface area contributed by atoms with E-state index in [0.29, 0.717) is 12.0 Å². The number of rotatable bonds is 5. The maximum Gasteiger partial charge on any atom is 0.159 e. The molecule has 3 heteroatoms. The van der Waals surface area contributed by atoms with E-state index < -0.39 is 11.6 Å². The molecule has 0 fully saturated rings. The van der Waals surface area contributed by atoms with E-state index in [1.54, 1.807) is 6.07 Å². The van der Waals surface area contributed by atoms with Crippen LogP contribution < -0.4 is 5.32 Å². The van der Waals surface area contributed by atoms with Crippen molar-refractivity contribution >= 4 is 0 Å². The minimum absolute atomic E-state index is 0.373. The maximum absolute atomic E-state index is 13.0. The molecule has 0 aliphatic carbocycles. The van der Waals surface area contributed by atoms with E-state index in [-0.39, 0.29) is 0 Å². The van der Waals surface area contributed by atoms with Crippen LogP contribution in [0.15, 0.2) is 18.2 Å². The van der Waals surface area contributed by atoms with E-state index in [0.717, 1.165) is 18.4 Å². The smallest absolute Gasteiger partial charge is 0.159 e. The van der Waals surface area contributed by atoms with Gasteiger partial charge in [-0.15, -0.1) is 0 Å². The Morgan fingerprint density at radius 2 is 1.94 bits per heavy atom. The van der Waals surface area contributed by atoms with Gasteiger partial charge in [0.05, 0.1) is 0 Å². The third-order valence-electron chi connectivity index (χ3n) is 3.17. The normalized spacial score (nSPS) is 14.8. The molecule has 0 saturated carbocycles. The largest absolute Gasteiger partial charge is 0.317 e. The molecule has 1 N–H and O–H groups in total. The molecule has 90 valence electrons. The summed E-state index contributed by atoms with van der Waals surface area (Å²) in [6.45, 7) is 4.21. The van der Waals surface area contributed by atoms with Crippen molar-refractivity contribution in [2.45, 2.75) is 32.7 Å². The quantitative estimate of drug-likeness (QED) is 0.814. The third kappa shape index (κ3) is 3.27. The lowest BCUT2D eigenvalue weighted by molar-refractivity contribution is 0.380. The van der Waals surface area contributed by atoms with Gasteiger partial charge in [0.2, 0.25) is 0 Å². The second-order valence-corrected chi connectivity index (χ2v) is 4.20. The Balaban J connectivity index is 2.74. The van der Waals surface area contributed by atoms with Crippen molar-refractivity contribution in [1.29, 1.82) is 0 Å². The summed E-state index contributed by atoms with van der Waals surface area (Å²) in [5, 5.41) is 3.19. The molecular formula is C13H19F2N. The van der Waals surface area contributed by atoms with Gasteiger partial charge in [-0.3, -0.25) is 0 Å². The fourth-order valence-electron chi connectivity index (χ4n) is 1.88. The summed E-state index contributed by atoms with van der Waals surface area (Å²) in [4.78, 5) is 0. The lowest BCUT2D eigenvalue weighted by Crippen LogP contribution is -2.31. The van der Waals surface area contributed by atoms with Crippen LogP contribution in [-0.2, 0) is 6.42 Å². The number of halogens is 2. The van der Waals surface area contributed by atoms with E-state index >= 15 is 0 Å². The average molecular weight is 227 g/mol. The Hall–Kier alpha value is -0.960. The van der Waals surface area contributed by atoms with Gasteiger partial charge in [-0.2, -0.15) is 0 Å². The van der Waals surface area contributed by atoms with Crippen molar-refractivity contribution in [3.63, 3.8) is 0 Å². The summed E-state index contributed by atoms with van der Waals surface area (Å²) in [6, 6.07) is 4.52. The molecule has 0 spiro atoms. The summed E-state index contributed by atoms with van der Waals surface area (Å²) in [5.41, 5.74) is 0.854. The number of hydrogen-bond acceptors (Lipinski definition) is 1. The Morgan fingerprint density at radius 3 is 2.44 bits per heavy atom. The zero-order valence-corrected chi connectivity index (χ0v) is 10.1. The Morgan fingerprint density at radius 1 is 1.25 bits per heavy atom. The predicted molar refractivity (Wildman–Crippen MR) is 62.4 cm³/mol. The molecule has 1 rings (SSSR count). The summed E-state index contributed by atoms with van der Waals surface area (Å²) < 4.78 is 25.8. The average Bonchev–Trinajstić information content (AvgIpc) is 2.29. The van der Waals surface area contributed by atoms with Gasteiger partial charge in [0.25, 0.3) is 0 Å². The van der Waals surface area contributed by atoms with Gasteiger partial charge in [-0.25, -0.2) is 8.78 Å². The van der Waals surface area contributed by atoms with Crippen molar-refractivity contribution in [1.82, 2.24) is 5.32 Å². The SMILES string of the molecule is CCC(Cc1ccc(F)c(F)c1)C(C)NC. The molecule has 0 aliphatic heterocycles. The maximum atomic E-state index is 13.0. The van der Waals surface area contributed by atoms with Gasteiger partial charge >= 0.3 is 0 Å². The minimum atomic E-state index is -0.779. The highest BCUT2D eigenvalue weighted by Gasteiger charge is 2.15. The number of hydrogen-bond donors (Lipinski definition) is 1. The van der Waals surface area contributed by atoms with E-state index in [1.165, 1.54) is 12.1 Å². The number of nitrogens with one attached hydrogen (secondary N) is 1. The highest BCUT2D eigenvalue weighted by Crippen LogP contribution is 2.17. The Labute approximate surface area is 95.9 Å². The molecule has 0 heterocycles. The van der Waals surface area contributed by atoms with Crippen LogP contribution in [0.2, 0.25) is 0 Å². The fourth-order valence-corrected chi connectivity index (χ4v) is 1.88. The van der Waals surface area contributed by atoms with Gasteiger partial charge < -0.3 is 5.32 Å². The van der Waals surface area contributed by atoms with Crippen molar-refractivity contribution in [2.24, 2.45) is 5.92 Å². The van der Waals surface area contributed by atoms with Gasteiger partial charge in [0, 0.05) is 6.04 Å². The van der Waals surface area contributed by atoms with Crippen LogP contribution >= 0.6 is 0 Å². The highest BCUT2D eigenvalue weighted by atomic mass is 19.2. The molecule has 0 radical (unpaired) electrons. The highest BCUT2D eigenvalue weighted by molar-refractivity contribution is 5.18. The van der Waals surface area contributed by atoms with E-state index in [2.05, 4.69) is 19.2 Å². The first kappa shape index (κ1) is 13.1.